The van der Waals surface area contributed by atoms with Gasteiger partial charge in [-0.15, -0.1) is 0 Å². The first-order chi connectivity index (χ1) is 14.1. The zero-order chi connectivity index (χ0) is 21.6. The molecule has 4 rings (SSSR count). The minimum Gasteiger partial charge on any atom is -0.478 e. The van der Waals surface area contributed by atoms with Crippen molar-refractivity contribution in [2.24, 2.45) is 17.6 Å². The second-order valence-electron chi connectivity index (χ2n) is 9.39. The highest BCUT2D eigenvalue weighted by Gasteiger charge is 2.54. The van der Waals surface area contributed by atoms with Gasteiger partial charge in [-0.25, -0.2) is 18.2 Å². The smallest absolute Gasteiger partial charge is 0.410 e. The molecule has 0 aromatic carbocycles. The third kappa shape index (κ3) is 4.88. The van der Waals surface area contributed by atoms with Crippen LogP contribution in [0.2, 0.25) is 0 Å². The molecule has 3 fully saturated rings. The molecule has 2 atom stereocenters. The van der Waals surface area contributed by atoms with Crippen molar-refractivity contribution >= 4 is 15.9 Å². The zero-order valence-electron chi connectivity index (χ0n) is 17.7. The molecule has 8 nitrogen and oxygen atoms in total. The molecule has 166 valence electrons. The molecule has 1 amide bonds. The topological polar surface area (TPSA) is 112 Å². The van der Waals surface area contributed by atoms with E-state index < -0.39 is 9.84 Å². The van der Waals surface area contributed by atoms with Gasteiger partial charge < -0.3 is 20.1 Å². The number of ether oxygens (including phenoxy) is 2. The lowest BCUT2D eigenvalue weighted by Crippen LogP contribution is -2.42. The Labute approximate surface area is 178 Å². The van der Waals surface area contributed by atoms with Crippen LogP contribution in [-0.4, -0.2) is 61.5 Å². The summed E-state index contributed by atoms with van der Waals surface area (Å²) in [5.74, 6) is 1.39. The molecule has 30 heavy (non-hydrogen) atoms. The fourth-order valence-electron chi connectivity index (χ4n) is 4.33. The van der Waals surface area contributed by atoms with Crippen molar-refractivity contribution in [3.8, 4) is 5.88 Å². The van der Waals surface area contributed by atoms with Gasteiger partial charge in [0.05, 0.1) is 11.5 Å². The molecule has 2 aliphatic carbocycles. The maximum absolute atomic E-state index is 12.2. The Morgan fingerprint density at radius 2 is 2.00 bits per heavy atom. The van der Waals surface area contributed by atoms with Gasteiger partial charge in [0.25, 0.3) is 0 Å². The van der Waals surface area contributed by atoms with Crippen LogP contribution in [0.3, 0.4) is 0 Å². The molecule has 0 bridgehead atoms. The number of sulfone groups is 1. The summed E-state index contributed by atoms with van der Waals surface area (Å²) in [5, 5.41) is 0. The summed E-state index contributed by atoms with van der Waals surface area (Å²) in [5.41, 5.74) is 6.12. The number of nitrogens with zero attached hydrogens (tertiary/aromatic N) is 2. The SMILES string of the molecule is CC1(OC(=O)N2CCC([C@H]3C[C@@]3(N)CCOc3ccc(S(C)(=O)=O)cn3)CC2)CC1. The standard InChI is InChI=1S/C21H31N3O5S/c1-20(7-8-20)29-19(25)24-10-5-15(6-11-24)17-13-21(17,22)9-12-28-18-4-3-16(14-23-18)30(2,26)27/h3-4,14-15,17H,5-13,22H2,1-2H3/t17-,21+/m1/s1. The van der Waals surface area contributed by atoms with Gasteiger partial charge in [0, 0.05) is 37.1 Å². The van der Waals surface area contributed by atoms with E-state index in [-0.39, 0.29) is 22.1 Å². The molecule has 0 radical (unpaired) electrons. The van der Waals surface area contributed by atoms with Crippen LogP contribution in [0, 0.1) is 11.8 Å². The average Bonchev–Trinajstić information content (AvgIpc) is 3.59. The maximum Gasteiger partial charge on any atom is 0.410 e. The van der Waals surface area contributed by atoms with Crippen LogP contribution in [0.5, 0.6) is 5.88 Å². The summed E-state index contributed by atoms with van der Waals surface area (Å²) in [6.45, 7) is 3.91. The van der Waals surface area contributed by atoms with E-state index >= 15 is 0 Å². The van der Waals surface area contributed by atoms with Crippen molar-refractivity contribution < 1.29 is 22.7 Å². The van der Waals surface area contributed by atoms with Crippen molar-refractivity contribution in [1.82, 2.24) is 9.88 Å². The monoisotopic (exact) mass is 437 g/mol. The Balaban J connectivity index is 1.19. The highest BCUT2D eigenvalue weighted by molar-refractivity contribution is 7.90. The normalized spacial score (nSPS) is 28.1. The Kier molecular flexibility index (Phi) is 5.47. The Morgan fingerprint density at radius 3 is 2.57 bits per heavy atom. The first kappa shape index (κ1) is 21.4. The first-order valence-electron chi connectivity index (χ1n) is 10.6. The summed E-state index contributed by atoms with van der Waals surface area (Å²) in [6.07, 6.45) is 7.85. The second-order valence-corrected chi connectivity index (χ2v) is 11.4. The van der Waals surface area contributed by atoms with Crippen LogP contribution in [0.25, 0.3) is 0 Å². The minimum absolute atomic E-state index is 0.175. The van der Waals surface area contributed by atoms with Crippen molar-refractivity contribution in [3.05, 3.63) is 18.3 Å². The highest BCUT2D eigenvalue weighted by atomic mass is 32.2. The zero-order valence-corrected chi connectivity index (χ0v) is 18.5. The van der Waals surface area contributed by atoms with Crippen LogP contribution in [0.1, 0.15) is 45.4 Å². The molecule has 0 spiro atoms. The summed E-state index contributed by atoms with van der Waals surface area (Å²) in [4.78, 5) is 18.3. The van der Waals surface area contributed by atoms with Crippen molar-refractivity contribution in [1.29, 1.82) is 0 Å². The van der Waals surface area contributed by atoms with Gasteiger partial charge in [-0.1, -0.05) is 0 Å². The van der Waals surface area contributed by atoms with Gasteiger partial charge in [0.15, 0.2) is 9.84 Å². The van der Waals surface area contributed by atoms with Gasteiger partial charge in [-0.2, -0.15) is 0 Å². The first-order valence-corrected chi connectivity index (χ1v) is 12.5. The number of aromatic nitrogens is 1. The predicted octanol–water partition coefficient (Wildman–Crippen LogP) is 2.37. The number of hydrogen-bond donors (Lipinski definition) is 1. The van der Waals surface area contributed by atoms with E-state index in [4.69, 9.17) is 15.2 Å². The molecule has 2 heterocycles. The van der Waals surface area contributed by atoms with Gasteiger partial charge in [-0.3, -0.25) is 0 Å². The summed E-state index contributed by atoms with van der Waals surface area (Å²) in [7, 11) is -3.26. The summed E-state index contributed by atoms with van der Waals surface area (Å²) < 4.78 is 34.2. The van der Waals surface area contributed by atoms with Gasteiger partial charge in [-0.05, 0) is 63.4 Å². The number of rotatable bonds is 7. The third-order valence-electron chi connectivity index (χ3n) is 6.79. The van der Waals surface area contributed by atoms with Gasteiger partial charge in [0.1, 0.15) is 5.60 Å². The minimum atomic E-state index is -3.26. The number of piperidine rings is 1. The van der Waals surface area contributed by atoms with Crippen LogP contribution < -0.4 is 10.5 Å². The largest absolute Gasteiger partial charge is 0.478 e. The number of carbonyl (C=O) groups is 1. The quantitative estimate of drug-likeness (QED) is 0.697. The van der Waals surface area contributed by atoms with Crippen molar-refractivity contribution in [3.63, 3.8) is 0 Å². The second kappa shape index (κ2) is 7.67. The molecule has 3 aliphatic rings. The molecule has 1 aromatic rings. The van der Waals surface area contributed by atoms with E-state index in [2.05, 4.69) is 4.98 Å². The van der Waals surface area contributed by atoms with Crippen LogP contribution in [0.4, 0.5) is 4.79 Å². The van der Waals surface area contributed by atoms with Gasteiger partial charge >= 0.3 is 6.09 Å². The van der Waals surface area contributed by atoms with E-state index in [0.29, 0.717) is 24.3 Å². The van der Waals surface area contributed by atoms with E-state index in [9.17, 15) is 13.2 Å². The number of likely N-dealkylation sites (tertiary alicyclic amines) is 1. The number of pyridine rings is 1. The molecule has 1 aromatic heterocycles. The summed E-state index contributed by atoms with van der Waals surface area (Å²) >= 11 is 0. The fourth-order valence-corrected chi connectivity index (χ4v) is 4.89. The van der Waals surface area contributed by atoms with E-state index in [1.165, 1.54) is 12.3 Å². The van der Waals surface area contributed by atoms with Crippen LogP contribution >= 0.6 is 0 Å². The van der Waals surface area contributed by atoms with Crippen molar-refractivity contribution in [2.45, 2.75) is 61.5 Å². The lowest BCUT2D eigenvalue weighted by molar-refractivity contribution is 0.0472. The lowest BCUT2D eigenvalue weighted by Gasteiger charge is -2.33. The average molecular weight is 438 g/mol. The molecular formula is C21H31N3O5S. The van der Waals surface area contributed by atoms with Crippen LogP contribution in [-0.2, 0) is 14.6 Å². The number of carbonyl (C=O) groups excluding carboxylic acids is 1. The molecular weight excluding hydrogens is 406 g/mol. The number of amides is 1. The van der Waals surface area contributed by atoms with E-state index in [1.54, 1.807) is 6.07 Å². The maximum atomic E-state index is 12.2. The Hall–Kier alpha value is -1.87. The molecule has 0 unspecified atom stereocenters. The molecule has 9 heteroatoms. The lowest BCUT2D eigenvalue weighted by atomic mass is 9.89. The number of nitrogens with two attached hydrogens (primary N) is 1. The molecule has 2 N–H and O–H groups in total. The fraction of sp³-hybridized carbons (Fsp3) is 0.714. The Morgan fingerprint density at radius 1 is 1.30 bits per heavy atom. The molecule has 1 saturated heterocycles. The van der Waals surface area contributed by atoms with Gasteiger partial charge in [0.2, 0.25) is 5.88 Å². The van der Waals surface area contributed by atoms with Crippen LogP contribution in [0.15, 0.2) is 23.2 Å². The number of hydrogen-bond acceptors (Lipinski definition) is 7. The third-order valence-corrected chi connectivity index (χ3v) is 7.89. The highest BCUT2D eigenvalue weighted by Crippen LogP contribution is 2.51. The molecule has 1 aliphatic heterocycles. The Bertz CT molecular complexity index is 892. The van der Waals surface area contributed by atoms with Crippen molar-refractivity contribution in [2.75, 3.05) is 26.0 Å². The van der Waals surface area contributed by atoms with E-state index in [0.717, 1.165) is 57.9 Å². The summed E-state index contributed by atoms with van der Waals surface area (Å²) in [6, 6.07) is 3.07. The molecule has 2 saturated carbocycles. The van der Waals surface area contributed by atoms with E-state index in [1.807, 2.05) is 11.8 Å². The predicted molar refractivity (Wildman–Crippen MR) is 111 cm³/mol.